The van der Waals surface area contributed by atoms with Crippen LogP contribution in [0.15, 0.2) is 24.3 Å². The van der Waals surface area contributed by atoms with E-state index in [9.17, 15) is 0 Å². The molecule has 3 heteroatoms. The van der Waals surface area contributed by atoms with Gasteiger partial charge in [0.25, 0.3) is 0 Å². The molecule has 0 spiro atoms. The summed E-state index contributed by atoms with van der Waals surface area (Å²) in [5.41, 5.74) is 1.23. The predicted molar refractivity (Wildman–Crippen MR) is 73.6 cm³/mol. The van der Waals surface area contributed by atoms with Crippen LogP contribution in [0.2, 0.25) is 5.02 Å². The van der Waals surface area contributed by atoms with Gasteiger partial charge < -0.3 is 10.6 Å². The van der Waals surface area contributed by atoms with E-state index in [4.69, 9.17) is 11.6 Å². The van der Waals surface area contributed by atoms with Crippen molar-refractivity contribution in [2.24, 2.45) is 0 Å². The summed E-state index contributed by atoms with van der Waals surface area (Å²) in [4.78, 5) is 0. The van der Waals surface area contributed by atoms with Crippen molar-refractivity contribution in [2.45, 2.75) is 38.3 Å². The van der Waals surface area contributed by atoms with Crippen molar-refractivity contribution in [1.29, 1.82) is 0 Å². The summed E-state index contributed by atoms with van der Waals surface area (Å²) in [6.45, 7) is 4.27. The van der Waals surface area contributed by atoms with Gasteiger partial charge in [0.05, 0.1) is 0 Å². The number of nitrogens with one attached hydrogen (secondary N) is 2. The molecule has 0 bridgehead atoms. The van der Waals surface area contributed by atoms with Crippen molar-refractivity contribution in [3.8, 4) is 0 Å². The van der Waals surface area contributed by atoms with E-state index in [2.05, 4.69) is 23.6 Å². The van der Waals surface area contributed by atoms with Crippen molar-refractivity contribution in [3.05, 3.63) is 34.9 Å². The standard InChI is InChI=1S/C14H21ClN2/c1-11(10-17-13-6-7-13)16-9-8-12-4-2-3-5-14(12)15/h2-5,11,13,16-17H,6-10H2,1H3. The van der Waals surface area contributed by atoms with Gasteiger partial charge in [-0.2, -0.15) is 0 Å². The first-order valence-electron chi connectivity index (χ1n) is 6.46. The Balaban J connectivity index is 1.62. The van der Waals surface area contributed by atoms with Gasteiger partial charge in [-0.25, -0.2) is 0 Å². The smallest absolute Gasteiger partial charge is 0.0438 e. The molecule has 1 aromatic carbocycles. The number of halogens is 1. The quantitative estimate of drug-likeness (QED) is 0.780. The highest BCUT2D eigenvalue weighted by Crippen LogP contribution is 2.18. The fourth-order valence-corrected chi connectivity index (χ4v) is 2.09. The number of hydrogen-bond acceptors (Lipinski definition) is 2. The molecule has 2 nitrogen and oxygen atoms in total. The molecule has 1 atom stereocenters. The molecule has 1 aromatic rings. The molecule has 1 aliphatic rings. The van der Waals surface area contributed by atoms with Gasteiger partial charge in [0.15, 0.2) is 0 Å². The summed E-state index contributed by atoms with van der Waals surface area (Å²) in [7, 11) is 0. The number of hydrogen-bond donors (Lipinski definition) is 2. The van der Waals surface area contributed by atoms with Gasteiger partial charge in [0, 0.05) is 23.7 Å². The second-order valence-electron chi connectivity index (χ2n) is 4.88. The minimum Gasteiger partial charge on any atom is -0.313 e. The lowest BCUT2D eigenvalue weighted by molar-refractivity contribution is 0.503. The van der Waals surface area contributed by atoms with E-state index < -0.39 is 0 Å². The van der Waals surface area contributed by atoms with Crippen LogP contribution in [0, 0.1) is 0 Å². The molecule has 0 saturated heterocycles. The lowest BCUT2D eigenvalue weighted by atomic mass is 10.1. The second kappa shape index (κ2) is 6.39. The molecule has 0 aliphatic heterocycles. The zero-order valence-corrected chi connectivity index (χ0v) is 11.1. The molecule has 0 amide bonds. The molecule has 94 valence electrons. The molecule has 2 N–H and O–H groups in total. The van der Waals surface area contributed by atoms with E-state index in [1.165, 1.54) is 18.4 Å². The fourth-order valence-electron chi connectivity index (χ4n) is 1.86. The third-order valence-electron chi connectivity index (χ3n) is 3.14. The molecule has 0 aromatic heterocycles. The molecule has 1 unspecified atom stereocenters. The lowest BCUT2D eigenvalue weighted by Gasteiger charge is -2.14. The first-order valence-corrected chi connectivity index (χ1v) is 6.83. The maximum atomic E-state index is 6.11. The van der Waals surface area contributed by atoms with Crippen molar-refractivity contribution in [1.82, 2.24) is 10.6 Å². The Hall–Kier alpha value is -0.570. The summed E-state index contributed by atoms with van der Waals surface area (Å²) < 4.78 is 0. The van der Waals surface area contributed by atoms with Gasteiger partial charge in [-0.15, -0.1) is 0 Å². The number of benzene rings is 1. The highest BCUT2D eigenvalue weighted by atomic mass is 35.5. The fraction of sp³-hybridized carbons (Fsp3) is 0.571. The first-order chi connectivity index (χ1) is 8.25. The molecule has 17 heavy (non-hydrogen) atoms. The van der Waals surface area contributed by atoms with Gasteiger partial charge in [-0.1, -0.05) is 29.8 Å². The van der Waals surface area contributed by atoms with Gasteiger partial charge in [-0.3, -0.25) is 0 Å². The van der Waals surface area contributed by atoms with Crippen LogP contribution in [0.25, 0.3) is 0 Å². The molecule has 1 saturated carbocycles. The third-order valence-corrected chi connectivity index (χ3v) is 3.50. The minimum atomic E-state index is 0.526. The highest BCUT2D eigenvalue weighted by molar-refractivity contribution is 6.31. The van der Waals surface area contributed by atoms with Crippen molar-refractivity contribution < 1.29 is 0 Å². The Morgan fingerprint density at radius 2 is 2.12 bits per heavy atom. The van der Waals surface area contributed by atoms with E-state index in [1.807, 2.05) is 18.2 Å². The van der Waals surface area contributed by atoms with Gasteiger partial charge in [0.1, 0.15) is 0 Å². The molecule has 1 aliphatic carbocycles. The van der Waals surface area contributed by atoms with Crippen molar-refractivity contribution in [3.63, 3.8) is 0 Å². The van der Waals surface area contributed by atoms with Crippen LogP contribution in [0.1, 0.15) is 25.3 Å². The Bertz CT molecular complexity index is 350. The zero-order chi connectivity index (χ0) is 12.1. The van der Waals surface area contributed by atoms with Crippen molar-refractivity contribution >= 4 is 11.6 Å². The average molecular weight is 253 g/mol. The van der Waals surface area contributed by atoms with E-state index in [1.54, 1.807) is 0 Å². The molecule has 1 fully saturated rings. The van der Waals surface area contributed by atoms with E-state index >= 15 is 0 Å². The topological polar surface area (TPSA) is 24.1 Å². The molecule has 2 rings (SSSR count). The second-order valence-corrected chi connectivity index (χ2v) is 5.29. The average Bonchev–Trinajstić information content (AvgIpc) is 3.13. The van der Waals surface area contributed by atoms with Gasteiger partial charge >= 0.3 is 0 Å². The third kappa shape index (κ3) is 4.66. The van der Waals surface area contributed by atoms with Crippen molar-refractivity contribution in [2.75, 3.05) is 13.1 Å². The summed E-state index contributed by atoms with van der Waals surface area (Å²) >= 11 is 6.11. The van der Waals surface area contributed by atoms with Crippen LogP contribution in [-0.4, -0.2) is 25.2 Å². The molecule has 0 heterocycles. The van der Waals surface area contributed by atoms with E-state index in [0.29, 0.717) is 6.04 Å². The normalized spacial score (nSPS) is 17.1. The first kappa shape index (κ1) is 12.9. The monoisotopic (exact) mass is 252 g/mol. The Morgan fingerprint density at radius 3 is 2.82 bits per heavy atom. The van der Waals surface area contributed by atoms with Crippen LogP contribution < -0.4 is 10.6 Å². The van der Waals surface area contributed by atoms with Crippen LogP contribution in [0.4, 0.5) is 0 Å². The largest absolute Gasteiger partial charge is 0.313 e. The van der Waals surface area contributed by atoms with Crippen LogP contribution in [-0.2, 0) is 6.42 Å². The minimum absolute atomic E-state index is 0.526. The van der Waals surface area contributed by atoms with Crippen LogP contribution in [0.3, 0.4) is 0 Å². The maximum Gasteiger partial charge on any atom is 0.0438 e. The van der Waals surface area contributed by atoms with Crippen LogP contribution in [0.5, 0.6) is 0 Å². The SMILES string of the molecule is CC(CNC1CC1)NCCc1ccccc1Cl. The molecular weight excluding hydrogens is 232 g/mol. The van der Waals surface area contributed by atoms with Gasteiger partial charge in [-0.05, 0) is 44.4 Å². The van der Waals surface area contributed by atoms with E-state index in [-0.39, 0.29) is 0 Å². The number of rotatable bonds is 7. The van der Waals surface area contributed by atoms with E-state index in [0.717, 1.165) is 30.6 Å². The molecular formula is C14H21ClN2. The zero-order valence-electron chi connectivity index (χ0n) is 10.4. The highest BCUT2D eigenvalue weighted by Gasteiger charge is 2.20. The molecule has 0 radical (unpaired) electrons. The summed E-state index contributed by atoms with van der Waals surface area (Å²) in [6, 6.07) is 9.38. The predicted octanol–water partition coefficient (Wildman–Crippen LogP) is 2.61. The van der Waals surface area contributed by atoms with Crippen LogP contribution >= 0.6 is 11.6 Å². The Morgan fingerprint density at radius 1 is 1.35 bits per heavy atom. The summed E-state index contributed by atoms with van der Waals surface area (Å²) in [6.07, 6.45) is 3.70. The van der Waals surface area contributed by atoms with Gasteiger partial charge in [0.2, 0.25) is 0 Å². The summed E-state index contributed by atoms with van der Waals surface area (Å²) in [5, 5.41) is 7.92. The lowest BCUT2D eigenvalue weighted by Crippen LogP contribution is -2.38. The Kier molecular flexibility index (Phi) is 4.84. The maximum absolute atomic E-state index is 6.11. The Labute approximate surface area is 109 Å². The summed E-state index contributed by atoms with van der Waals surface area (Å²) in [5.74, 6) is 0.